The van der Waals surface area contributed by atoms with Gasteiger partial charge in [-0.1, -0.05) is 115 Å². The summed E-state index contributed by atoms with van der Waals surface area (Å²) in [7, 11) is -2.46. The van der Waals surface area contributed by atoms with Crippen molar-refractivity contribution in [2.45, 2.75) is 19.3 Å². The van der Waals surface area contributed by atoms with E-state index in [1.54, 1.807) is 5.20 Å². The Morgan fingerprint density at radius 1 is 0.706 bits per heavy atom. The van der Waals surface area contributed by atoms with Crippen LogP contribution in [0.3, 0.4) is 0 Å². The molecule has 1 nitrogen and oxygen atoms in total. The molecule has 0 spiro atoms. The van der Waals surface area contributed by atoms with Gasteiger partial charge in [-0.3, -0.25) is 0 Å². The maximum absolute atomic E-state index is 2.54. The van der Waals surface area contributed by atoms with Crippen LogP contribution in [0.25, 0.3) is 0 Å². The molecule has 166 valence electrons. The minimum absolute atomic E-state index is 0.392. The zero-order valence-corrected chi connectivity index (χ0v) is 20.6. The van der Waals surface area contributed by atoms with Crippen molar-refractivity contribution in [3.63, 3.8) is 0 Å². The quantitative estimate of drug-likeness (QED) is 0.366. The Kier molecular flexibility index (Phi) is 5.31. The van der Waals surface area contributed by atoms with Crippen LogP contribution in [-0.2, 0) is 0 Å². The van der Waals surface area contributed by atoms with Gasteiger partial charge in [0.1, 0.15) is 0 Å². The van der Waals surface area contributed by atoms with Crippen molar-refractivity contribution in [2.75, 3.05) is 11.4 Å². The minimum atomic E-state index is -2.46. The lowest BCUT2D eigenvalue weighted by molar-refractivity contribution is 0.808. The number of rotatable bonds is 4. The first kappa shape index (κ1) is 20.9. The monoisotopic (exact) mass is 455 g/mol. The molecular formula is C32H29NSi. The summed E-state index contributed by atoms with van der Waals surface area (Å²) in [6.07, 6.45) is 5.90. The maximum Gasteiger partial charge on any atom is 0.179 e. The van der Waals surface area contributed by atoms with Gasteiger partial charge in [-0.15, -0.1) is 0 Å². The standard InChI is InChI=1S/C32H29NSi/c1-2-33-29-20-12-13-21-31(29)34(27-16-8-4-9-17-27,28-18-10-5-11-19-28)32-24-26(22-23-30(32)33)25-14-6-3-7-15-25/h3-23,26H,2,24H2,1H3. The molecule has 1 unspecified atom stereocenters. The number of anilines is 1. The van der Waals surface area contributed by atoms with E-state index >= 15 is 0 Å². The van der Waals surface area contributed by atoms with Crippen molar-refractivity contribution in [3.05, 3.63) is 144 Å². The van der Waals surface area contributed by atoms with Crippen LogP contribution in [0.1, 0.15) is 24.8 Å². The molecule has 0 amide bonds. The van der Waals surface area contributed by atoms with E-state index in [1.165, 1.54) is 32.5 Å². The predicted molar refractivity (Wildman–Crippen MR) is 147 cm³/mol. The van der Waals surface area contributed by atoms with Crippen molar-refractivity contribution in [3.8, 4) is 0 Å². The summed E-state index contributed by atoms with van der Waals surface area (Å²) in [5.41, 5.74) is 4.18. The van der Waals surface area contributed by atoms with E-state index in [9.17, 15) is 0 Å². The maximum atomic E-state index is 2.54. The highest BCUT2D eigenvalue weighted by Crippen LogP contribution is 2.42. The topological polar surface area (TPSA) is 3.24 Å². The Morgan fingerprint density at radius 3 is 1.88 bits per heavy atom. The lowest BCUT2D eigenvalue weighted by atomic mass is 9.91. The van der Waals surface area contributed by atoms with E-state index in [-0.39, 0.29) is 0 Å². The minimum Gasteiger partial charge on any atom is -0.342 e. The van der Waals surface area contributed by atoms with Crippen LogP contribution < -0.4 is 20.5 Å². The predicted octanol–water partition coefficient (Wildman–Crippen LogP) is 5.53. The largest absolute Gasteiger partial charge is 0.342 e. The summed E-state index contributed by atoms with van der Waals surface area (Å²) in [6, 6.07) is 42.8. The van der Waals surface area contributed by atoms with Crippen LogP contribution in [0.15, 0.2) is 138 Å². The lowest BCUT2D eigenvalue weighted by Crippen LogP contribution is -2.71. The molecular weight excluding hydrogens is 426 g/mol. The fourth-order valence-corrected chi connectivity index (χ4v) is 11.5. The highest BCUT2D eigenvalue weighted by Gasteiger charge is 2.50. The lowest BCUT2D eigenvalue weighted by Gasteiger charge is -2.47. The Balaban J connectivity index is 1.69. The number of allylic oxidation sites excluding steroid dienone is 3. The summed E-state index contributed by atoms with van der Waals surface area (Å²) in [5, 5.41) is 6.08. The number of para-hydroxylation sites is 1. The molecule has 1 aliphatic carbocycles. The van der Waals surface area contributed by atoms with E-state index in [1.807, 2.05) is 0 Å². The highest BCUT2D eigenvalue weighted by atomic mass is 28.3. The van der Waals surface area contributed by atoms with Gasteiger partial charge in [0.25, 0.3) is 0 Å². The highest BCUT2D eigenvalue weighted by molar-refractivity contribution is 7.17. The molecule has 2 heteroatoms. The molecule has 0 fully saturated rings. The first-order valence-corrected chi connectivity index (χ1v) is 14.3. The average molecular weight is 456 g/mol. The Bertz CT molecular complexity index is 1320. The Labute approximate surface area is 203 Å². The third kappa shape index (κ3) is 3.13. The molecule has 4 aromatic rings. The number of benzene rings is 4. The molecule has 1 atom stereocenters. The van der Waals surface area contributed by atoms with Crippen LogP contribution in [0.4, 0.5) is 5.69 Å². The molecule has 1 heterocycles. The van der Waals surface area contributed by atoms with E-state index in [2.05, 4.69) is 139 Å². The summed E-state index contributed by atoms with van der Waals surface area (Å²) in [5.74, 6) is 0.392. The van der Waals surface area contributed by atoms with Crippen LogP contribution in [0, 0.1) is 0 Å². The molecule has 0 N–H and O–H groups in total. The van der Waals surface area contributed by atoms with E-state index in [0.29, 0.717) is 5.92 Å². The zero-order valence-electron chi connectivity index (χ0n) is 19.6. The van der Waals surface area contributed by atoms with Crippen LogP contribution in [0.2, 0.25) is 0 Å². The number of nitrogens with zero attached hydrogens (tertiary/aromatic N) is 1. The van der Waals surface area contributed by atoms with Crippen molar-refractivity contribution in [1.82, 2.24) is 0 Å². The normalized spacial score (nSPS) is 18.4. The van der Waals surface area contributed by atoms with E-state index < -0.39 is 8.07 Å². The van der Waals surface area contributed by atoms with E-state index in [0.717, 1.165) is 13.0 Å². The van der Waals surface area contributed by atoms with Gasteiger partial charge in [0.05, 0.1) is 0 Å². The van der Waals surface area contributed by atoms with Gasteiger partial charge in [0.2, 0.25) is 0 Å². The summed E-state index contributed by atoms with van der Waals surface area (Å²) < 4.78 is 0. The third-order valence-electron chi connectivity index (χ3n) is 7.52. The fraction of sp³-hybridized carbons (Fsp3) is 0.125. The summed E-state index contributed by atoms with van der Waals surface area (Å²) in [6.45, 7) is 3.24. The van der Waals surface area contributed by atoms with Gasteiger partial charge >= 0.3 is 0 Å². The first-order valence-electron chi connectivity index (χ1n) is 12.3. The average Bonchev–Trinajstić information content (AvgIpc) is 2.93. The SMILES string of the molecule is CCN1C2=C(CC(c3ccccc3)C=C2)[Si](c2ccccc2)(c2ccccc2)c2ccccc21. The second-order valence-electron chi connectivity index (χ2n) is 9.19. The number of fused-ring (bicyclic) bond motifs is 1. The molecule has 34 heavy (non-hydrogen) atoms. The van der Waals surface area contributed by atoms with Crippen LogP contribution in [-0.4, -0.2) is 14.6 Å². The number of hydrogen-bond donors (Lipinski definition) is 0. The second-order valence-corrected chi connectivity index (χ2v) is 13.0. The van der Waals surface area contributed by atoms with Gasteiger partial charge in [0.15, 0.2) is 8.07 Å². The zero-order chi connectivity index (χ0) is 23.0. The molecule has 0 saturated carbocycles. The molecule has 6 rings (SSSR count). The molecule has 1 aliphatic heterocycles. The van der Waals surface area contributed by atoms with Crippen molar-refractivity contribution in [1.29, 1.82) is 0 Å². The molecule has 4 aromatic carbocycles. The molecule has 0 saturated heterocycles. The van der Waals surface area contributed by atoms with Gasteiger partial charge in [-0.05, 0) is 51.8 Å². The van der Waals surface area contributed by atoms with Crippen LogP contribution >= 0.6 is 0 Å². The number of likely N-dealkylation sites (N-methyl/N-ethyl adjacent to an activating group) is 1. The molecule has 0 aromatic heterocycles. The molecule has 2 aliphatic rings. The van der Waals surface area contributed by atoms with E-state index in [4.69, 9.17) is 0 Å². The molecule has 0 radical (unpaired) electrons. The second kappa shape index (κ2) is 8.62. The summed E-state index contributed by atoms with van der Waals surface area (Å²) >= 11 is 0. The van der Waals surface area contributed by atoms with Crippen molar-refractivity contribution in [2.24, 2.45) is 0 Å². The van der Waals surface area contributed by atoms with Gasteiger partial charge in [-0.25, -0.2) is 0 Å². The van der Waals surface area contributed by atoms with Crippen molar-refractivity contribution < 1.29 is 0 Å². The number of hydrogen-bond acceptors (Lipinski definition) is 1. The smallest absolute Gasteiger partial charge is 0.179 e. The third-order valence-corrected chi connectivity index (χ3v) is 12.5. The Morgan fingerprint density at radius 2 is 1.26 bits per heavy atom. The first-order chi connectivity index (χ1) is 16.8. The van der Waals surface area contributed by atoms with Crippen LogP contribution in [0.5, 0.6) is 0 Å². The van der Waals surface area contributed by atoms with Gasteiger partial charge in [0, 0.05) is 23.8 Å². The van der Waals surface area contributed by atoms with Gasteiger partial charge < -0.3 is 4.90 Å². The summed E-state index contributed by atoms with van der Waals surface area (Å²) in [4.78, 5) is 2.54. The van der Waals surface area contributed by atoms with Crippen molar-refractivity contribution >= 4 is 29.3 Å². The molecule has 0 bridgehead atoms. The Hall–Kier alpha value is -3.62. The van der Waals surface area contributed by atoms with Gasteiger partial charge in [-0.2, -0.15) is 0 Å². The fourth-order valence-electron chi connectivity index (χ4n) is 6.09.